The number of amides is 1. The molecule has 1 unspecified atom stereocenters. The van der Waals surface area contributed by atoms with Gasteiger partial charge in [0.2, 0.25) is 5.91 Å². The van der Waals surface area contributed by atoms with E-state index in [2.05, 4.69) is 9.88 Å². The van der Waals surface area contributed by atoms with Gasteiger partial charge in [0.1, 0.15) is 30.1 Å². The number of nitrogens with zero attached hydrogens (tertiary/aromatic N) is 3. The van der Waals surface area contributed by atoms with Crippen molar-refractivity contribution in [3.05, 3.63) is 96.7 Å². The summed E-state index contributed by atoms with van der Waals surface area (Å²) in [6.45, 7) is 1.87. The van der Waals surface area contributed by atoms with Gasteiger partial charge in [0.25, 0.3) is 0 Å². The predicted octanol–water partition coefficient (Wildman–Crippen LogP) is 5.33. The maximum absolute atomic E-state index is 13.6. The van der Waals surface area contributed by atoms with E-state index in [9.17, 15) is 18.7 Å². The summed E-state index contributed by atoms with van der Waals surface area (Å²) in [5, 5.41) is 11.5. The minimum absolute atomic E-state index is 0.115. The van der Waals surface area contributed by atoms with Gasteiger partial charge in [-0.25, -0.2) is 8.78 Å². The van der Waals surface area contributed by atoms with E-state index in [0.29, 0.717) is 49.6 Å². The van der Waals surface area contributed by atoms with Crippen molar-refractivity contribution in [3.8, 4) is 5.75 Å². The zero-order valence-corrected chi connectivity index (χ0v) is 20.8. The number of hydrogen-bond acceptors (Lipinski definition) is 5. The van der Waals surface area contributed by atoms with Gasteiger partial charge in [-0.2, -0.15) is 0 Å². The van der Waals surface area contributed by atoms with Crippen molar-refractivity contribution in [3.63, 3.8) is 0 Å². The number of fused-ring (bicyclic) bond motifs is 1. The molecule has 38 heavy (non-hydrogen) atoms. The number of halogens is 2. The molecule has 0 bridgehead atoms. The summed E-state index contributed by atoms with van der Waals surface area (Å²) in [4.78, 5) is 21.6. The Morgan fingerprint density at radius 2 is 1.58 bits per heavy atom. The molecule has 2 heterocycles. The van der Waals surface area contributed by atoms with E-state index in [1.807, 2.05) is 30.3 Å². The van der Waals surface area contributed by atoms with E-state index in [-0.39, 0.29) is 18.4 Å². The normalized spacial score (nSPS) is 15.3. The number of carbonyl (C=O) groups is 1. The number of anilines is 2. The number of likely N-dealkylation sites (tertiary alicyclic amines) is 1. The average Bonchev–Trinajstić information content (AvgIpc) is 2.94. The van der Waals surface area contributed by atoms with E-state index in [1.54, 1.807) is 30.5 Å². The molecule has 1 amide bonds. The van der Waals surface area contributed by atoms with Crippen molar-refractivity contribution in [1.82, 2.24) is 9.88 Å². The van der Waals surface area contributed by atoms with E-state index in [4.69, 9.17) is 4.74 Å². The summed E-state index contributed by atoms with van der Waals surface area (Å²) in [5.41, 5.74) is 1.89. The fourth-order valence-corrected chi connectivity index (χ4v) is 4.87. The number of carbonyl (C=O) groups excluding carboxylic acids is 1. The van der Waals surface area contributed by atoms with Crippen LogP contribution < -0.4 is 9.64 Å². The van der Waals surface area contributed by atoms with Crippen LogP contribution in [-0.2, 0) is 4.79 Å². The quantitative estimate of drug-likeness (QED) is 0.342. The van der Waals surface area contributed by atoms with Gasteiger partial charge in [0, 0.05) is 35.4 Å². The number of aromatic nitrogens is 1. The lowest BCUT2D eigenvalue weighted by Crippen LogP contribution is -2.44. The molecule has 0 radical (unpaired) electrons. The fourth-order valence-electron chi connectivity index (χ4n) is 4.87. The Labute approximate surface area is 220 Å². The van der Waals surface area contributed by atoms with Crippen LogP contribution >= 0.6 is 0 Å². The summed E-state index contributed by atoms with van der Waals surface area (Å²) in [5.74, 6) is -0.476. The van der Waals surface area contributed by atoms with Crippen molar-refractivity contribution in [1.29, 1.82) is 0 Å². The van der Waals surface area contributed by atoms with Gasteiger partial charge in [-0.1, -0.05) is 6.07 Å². The van der Waals surface area contributed by atoms with Crippen LogP contribution in [0.1, 0.15) is 12.8 Å². The molecule has 4 aromatic rings. The lowest BCUT2D eigenvalue weighted by Gasteiger charge is -2.35. The minimum Gasteiger partial charge on any atom is -0.490 e. The monoisotopic (exact) mass is 517 g/mol. The van der Waals surface area contributed by atoms with Gasteiger partial charge in [0.05, 0.1) is 5.52 Å². The number of benzene rings is 3. The Morgan fingerprint density at radius 1 is 0.947 bits per heavy atom. The molecule has 5 rings (SSSR count). The van der Waals surface area contributed by atoms with E-state index in [0.717, 1.165) is 10.9 Å². The lowest BCUT2D eigenvalue weighted by molar-refractivity contribution is -0.123. The molecule has 1 aromatic heterocycles. The van der Waals surface area contributed by atoms with E-state index in [1.165, 1.54) is 29.2 Å². The molecule has 0 spiro atoms. The fraction of sp³-hybridized carbons (Fsp3) is 0.267. The van der Waals surface area contributed by atoms with Crippen LogP contribution in [0.2, 0.25) is 0 Å². The zero-order chi connectivity index (χ0) is 26.5. The minimum atomic E-state index is -0.691. The number of hydrogen-bond donors (Lipinski definition) is 1. The molecule has 1 N–H and O–H groups in total. The third-order valence-corrected chi connectivity index (χ3v) is 6.83. The second-order valence-electron chi connectivity index (χ2n) is 9.49. The highest BCUT2D eigenvalue weighted by atomic mass is 19.1. The van der Waals surface area contributed by atoms with Crippen LogP contribution in [0.25, 0.3) is 10.9 Å². The Morgan fingerprint density at radius 3 is 2.21 bits per heavy atom. The molecule has 1 aliphatic rings. The number of ether oxygens (including phenoxy) is 1. The number of aliphatic hydroxyl groups is 1. The van der Waals surface area contributed by atoms with Crippen LogP contribution in [0.3, 0.4) is 0 Å². The first kappa shape index (κ1) is 25.8. The van der Waals surface area contributed by atoms with Gasteiger partial charge >= 0.3 is 0 Å². The van der Waals surface area contributed by atoms with Crippen LogP contribution in [0.15, 0.2) is 85.1 Å². The van der Waals surface area contributed by atoms with Crippen LogP contribution in [-0.4, -0.2) is 53.2 Å². The Kier molecular flexibility index (Phi) is 7.91. The third-order valence-electron chi connectivity index (χ3n) is 6.83. The van der Waals surface area contributed by atoms with Gasteiger partial charge in [-0.05, 0) is 98.7 Å². The van der Waals surface area contributed by atoms with Crippen molar-refractivity contribution >= 4 is 28.2 Å². The zero-order valence-electron chi connectivity index (χ0n) is 20.8. The van der Waals surface area contributed by atoms with Crippen LogP contribution in [0.5, 0.6) is 5.75 Å². The smallest absolute Gasteiger partial charge is 0.234 e. The van der Waals surface area contributed by atoms with E-state index >= 15 is 0 Å². The maximum Gasteiger partial charge on any atom is 0.234 e. The summed E-state index contributed by atoms with van der Waals surface area (Å²) in [6.07, 6.45) is 2.26. The Hall–Kier alpha value is -3.88. The SMILES string of the molecule is O=C(C1CCN(CC(O)COc2cccc3ncccc23)CC1)N(c1ccc(F)cc1)c1ccc(F)cc1. The molecule has 6 nitrogen and oxygen atoms in total. The second-order valence-corrected chi connectivity index (χ2v) is 9.49. The molecule has 1 atom stereocenters. The molecule has 8 heteroatoms. The predicted molar refractivity (Wildman–Crippen MR) is 142 cm³/mol. The summed E-state index contributed by atoms with van der Waals surface area (Å²) < 4.78 is 33.0. The summed E-state index contributed by atoms with van der Waals surface area (Å²) in [7, 11) is 0. The van der Waals surface area contributed by atoms with Crippen LogP contribution in [0.4, 0.5) is 20.2 Å². The third kappa shape index (κ3) is 5.98. The van der Waals surface area contributed by atoms with Gasteiger partial charge in [0.15, 0.2) is 0 Å². The molecule has 3 aromatic carbocycles. The lowest BCUT2D eigenvalue weighted by atomic mass is 9.94. The molecular formula is C30H29F2N3O3. The highest BCUT2D eigenvalue weighted by molar-refractivity contribution is 6.01. The highest BCUT2D eigenvalue weighted by Crippen LogP contribution is 2.31. The molecule has 196 valence electrons. The molecule has 0 aliphatic carbocycles. The number of aliphatic hydroxyl groups excluding tert-OH is 1. The maximum atomic E-state index is 13.6. The number of piperidine rings is 1. The van der Waals surface area contributed by atoms with Crippen molar-refractivity contribution in [2.75, 3.05) is 31.1 Å². The molecular weight excluding hydrogens is 488 g/mol. The van der Waals surface area contributed by atoms with Crippen molar-refractivity contribution in [2.45, 2.75) is 18.9 Å². The number of pyridine rings is 1. The van der Waals surface area contributed by atoms with Crippen molar-refractivity contribution in [2.24, 2.45) is 5.92 Å². The molecule has 1 fully saturated rings. The first-order chi connectivity index (χ1) is 18.5. The van der Waals surface area contributed by atoms with Gasteiger partial charge in [-0.15, -0.1) is 0 Å². The second kappa shape index (κ2) is 11.7. The first-order valence-corrected chi connectivity index (χ1v) is 12.7. The Bertz CT molecular complexity index is 1320. The van der Waals surface area contributed by atoms with Gasteiger partial charge < -0.3 is 14.7 Å². The van der Waals surface area contributed by atoms with Crippen LogP contribution in [0, 0.1) is 17.6 Å². The largest absolute Gasteiger partial charge is 0.490 e. The molecule has 1 saturated heterocycles. The average molecular weight is 518 g/mol. The first-order valence-electron chi connectivity index (χ1n) is 12.7. The highest BCUT2D eigenvalue weighted by Gasteiger charge is 2.31. The summed E-state index contributed by atoms with van der Waals surface area (Å²) >= 11 is 0. The molecule has 0 saturated carbocycles. The van der Waals surface area contributed by atoms with Crippen molar-refractivity contribution < 1.29 is 23.4 Å². The standard InChI is InChI=1S/C30H29F2N3O3/c31-22-6-10-24(11-7-22)35(25-12-8-23(32)9-13-25)30(37)21-14-17-34(18-15-21)19-26(36)20-38-29-5-1-4-28-27(29)3-2-16-33-28/h1-13,16,21,26,36H,14-15,17-20H2. The topological polar surface area (TPSA) is 65.9 Å². The number of rotatable bonds is 8. The molecule has 1 aliphatic heterocycles. The Balaban J connectivity index is 1.18. The van der Waals surface area contributed by atoms with Gasteiger partial charge in [-0.3, -0.25) is 14.7 Å². The number of β-amino-alcohol motifs (C(OH)–C–C–N with tert-alkyl or cyclic N) is 1. The van der Waals surface area contributed by atoms with E-state index < -0.39 is 17.7 Å². The summed E-state index contributed by atoms with van der Waals surface area (Å²) in [6, 6.07) is 20.9.